The number of allylic oxidation sites excluding steroid dienone is 1. The Labute approximate surface area is 161 Å². The lowest BCUT2D eigenvalue weighted by Gasteiger charge is -2.58. The van der Waals surface area contributed by atoms with E-state index >= 15 is 0 Å². The molecule has 5 rings (SSSR count). The van der Waals surface area contributed by atoms with Gasteiger partial charge in [0.15, 0.2) is 23.1 Å². The molecule has 0 bridgehead atoms. The van der Waals surface area contributed by atoms with E-state index in [0.29, 0.717) is 35.9 Å². The fourth-order valence-corrected chi connectivity index (χ4v) is 8.08. The van der Waals surface area contributed by atoms with Crippen molar-refractivity contribution in [2.75, 3.05) is 0 Å². The van der Waals surface area contributed by atoms with Crippen molar-refractivity contribution in [1.82, 2.24) is 0 Å². The molecule has 5 aliphatic rings. The van der Waals surface area contributed by atoms with E-state index in [1.165, 1.54) is 5.57 Å². The molecule has 3 unspecified atom stereocenters. The van der Waals surface area contributed by atoms with Crippen LogP contribution in [0.5, 0.6) is 0 Å². The summed E-state index contributed by atoms with van der Waals surface area (Å²) in [5.41, 5.74) is 0.688. The first-order valence-electron chi connectivity index (χ1n) is 10.7. The molecule has 0 saturated heterocycles. The maximum absolute atomic E-state index is 12.9. The van der Waals surface area contributed by atoms with Gasteiger partial charge < -0.3 is 4.74 Å². The predicted octanol–water partition coefficient (Wildman–Crippen LogP) is 4.27. The first kappa shape index (κ1) is 17.6. The number of rotatable bonds is 1. The number of hydrogen-bond acceptors (Lipinski definition) is 4. The Morgan fingerprint density at radius 3 is 2.70 bits per heavy atom. The number of nitrogens with zero attached hydrogens (tertiary/aromatic N) is 1. The van der Waals surface area contributed by atoms with E-state index in [2.05, 4.69) is 13.8 Å². The number of aliphatic imine (C=N–C) groups is 1. The van der Waals surface area contributed by atoms with Crippen molar-refractivity contribution in [2.45, 2.75) is 84.3 Å². The van der Waals surface area contributed by atoms with Gasteiger partial charge >= 0.3 is 0 Å². The molecule has 4 nitrogen and oxygen atoms in total. The van der Waals surface area contributed by atoms with Crippen LogP contribution in [0.25, 0.3) is 0 Å². The molecule has 4 aliphatic carbocycles. The number of carbonyl (C=O) groups is 2. The maximum atomic E-state index is 12.9. The lowest BCUT2D eigenvalue weighted by Crippen LogP contribution is -2.59. The summed E-state index contributed by atoms with van der Waals surface area (Å²) in [6, 6.07) is -0.0126. The lowest BCUT2D eigenvalue weighted by molar-refractivity contribution is -0.155. The summed E-state index contributed by atoms with van der Waals surface area (Å²) in [6.45, 7) is 8.31. The number of carbonyl (C=O) groups excluding carboxylic acids is 2. The number of fused-ring (bicyclic) bond motifs is 7. The van der Waals surface area contributed by atoms with Crippen molar-refractivity contribution < 1.29 is 14.3 Å². The second-order valence-corrected chi connectivity index (χ2v) is 10.2. The van der Waals surface area contributed by atoms with Gasteiger partial charge in [0.2, 0.25) is 0 Å². The monoisotopic (exact) mass is 369 g/mol. The molecule has 0 aromatic rings. The smallest absolute Gasteiger partial charge is 0.195 e. The molecule has 0 N–H and O–H groups in total. The SMILES string of the molecule is CC(=O)[C@@]12OC(C)=N[C@@H]1CC1C3CCC4=CC(=O)CC[C@]4(C)C3CC[C@@]12C. The van der Waals surface area contributed by atoms with Gasteiger partial charge in [0.25, 0.3) is 0 Å². The van der Waals surface area contributed by atoms with Crippen LogP contribution in [0.2, 0.25) is 0 Å². The van der Waals surface area contributed by atoms with Crippen molar-refractivity contribution in [3.8, 4) is 0 Å². The van der Waals surface area contributed by atoms with Crippen LogP contribution in [0.15, 0.2) is 16.6 Å². The van der Waals surface area contributed by atoms with E-state index in [0.717, 1.165) is 38.5 Å². The molecular formula is C23H31NO3. The third-order valence-corrected chi connectivity index (χ3v) is 9.32. The van der Waals surface area contributed by atoms with Crippen LogP contribution in [0.3, 0.4) is 0 Å². The highest BCUT2D eigenvalue weighted by Crippen LogP contribution is 2.69. The van der Waals surface area contributed by atoms with Gasteiger partial charge in [-0.15, -0.1) is 0 Å². The number of ether oxygens (including phenoxy) is 1. The molecular weight excluding hydrogens is 338 g/mol. The highest BCUT2D eigenvalue weighted by Gasteiger charge is 2.73. The molecule has 1 aliphatic heterocycles. The van der Waals surface area contributed by atoms with E-state index in [9.17, 15) is 9.59 Å². The highest BCUT2D eigenvalue weighted by atomic mass is 16.5. The first-order valence-corrected chi connectivity index (χ1v) is 10.7. The molecule has 3 fully saturated rings. The summed E-state index contributed by atoms with van der Waals surface area (Å²) < 4.78 is 6.28. The Kier molecular flexibility index (Phi) is 3.48. The lowest BCUT2D eigenvalue weighted by atomic mass is 9.46. The Morgan fingerprint density at radius 1 is 1.19 bits per heavy atom. The molecule has 3 saturated carbocycles. The molecule has 0 spiro atoms. The molecule has 4 heteroatoms. The Hall–Kier alpha value is -1.45. The summed E-state index contributed by atoms with van der Waals surface area (Å²) in [5.74, 6) is 2.87. The molecule has 0 radical (unpaired) electrons. The van der Waals surface area contributed by atoms with Crippen LogP contribution in [0.4, 0.5) is 0 Å². The van der Waals surface area contributed by atoms with Crippen LogP contribution in [0.1, 0.15) is 72.6 Å². The zero-order chi connectivity index (χ0) is 19.2. The Morgan fingerprint density at radius 2 is 1.96 bits per heavy atom. The van der Waals surface area contributed by atoms with E-state index in [-0.39, 0.29) is 22.7 Å². The summed E-state index contributed by atoms with van der Waals surface area (Å²) in [4.78, 5) is 29.7. The quantitative estimate of drug-likeness (QED) is 0.693. The van der Waals surface area contributed by atoms with Gasteiger partial charge in [0.05, 0.1) is 0 Å². The largest absolute Gasteiger partial charge is 0.464 e. The Balaban J connectivity index is 1.55. The summed E-state index contributed by atoms with van der Waals surface area (Å²) >= 11 is 0. The third kappa shape index (κ3) is 1.97. The normalized spacial score (nSPS) is 50.6. The predicted molar refractivity (Wildman–Crippen MR) is 103 cm³/mol. The average Bonchev–Trinajstić information content (AvgIpc) is 3.06. The molecule has 27 heavy (non-hydrogen) atoms. The van der Waals surface area contributed by atoms with Crippen molar-refractivity contribution in [1.29, 1.82) is 0 Å². The summed E-state index contributed by atoms with van der Waals surface area (Å²) in [7, 11) is 0. The number of Topliss-reactive ketones (excluding diaryl/α,β-unsaturated/α-hetero) is 1. The fraction of sp³-hybridized carbons (Fsp3) is 0.783. The van der Waals surface area contributed by atoms with Gasteiger partial charge in [-0.3, -0.25) is 9.59 Å². The zero-order valence-electron chi connectivity index (χ0n) is 17.0. The first-order chi connectivity index (χ1) is 12.7. The molecule has 0 aromatic heterocycles. The summed E-state index contributed by atoms with van der Waals surface area (Å²) in [5, 5.41) is 0. The van der Waals surface area contributed by atoms with E-state index in [1.807, 2.05) is 13.0 Å². The topological polar surface area (TPSA) is 55.7 Å². The van der Waals surface area contributed by atoms with Crippen molar-refractivity contribution >= 4 is 17.5 Å². The van der Waals surface area contributed by atoms with Crippen molar-refractivity contribution in [3.63, 3.8) is 0 Å². The standard InChI is InChI=1S/C23H31NO3/c1-13(25)23-20(24-14(2)27-23)12-19-17-6-5-15-11-16(26)7-9-21(15,3)18(17)8-10-22(19,23)4/h11,17-20H,5-10,12H2,1-4H3/t17?,18?,19?,20-,21+,22+,23-/m1/s1. The number of ketones is 2. The minimum atomic E-state index is -0.744. The van der Waals surface area contributed by atoms with E-state index < -0.39 is 5.60 Å². The van der Waals surface area contributed by atoms with E-state index in [1.54, 1.807) is 6.92 Å². The zero-order valence-corrected chi connectivity index (χ0v) is 17.0. The number of hydrogen-bond donors (Lipinski definition) is 0. The molecule has 0 amide bonds. The van der Waals surface area contributed by atoms with Crippen molar-refractivity contribution in [3.05, 3.63) is 11.6 Å². The second-order valence-electron chi connectivity index (χ2n) is 10.2. The molecule has 146 valence electrons. The van der Waals surface area contributed by atoms with Gasteiger partial charge in [-0.2, -0.15) is 0 Å². The van der Waals surface area contributed by atoms with Gasteiger partial charge in [0, 0.05) is 18.8 Å². The molecule has 7 atom stereocenters. The van der Waals surface area contributed by atoms with Gasteiger partial charge in [-0.05, 0) is 74.7 Å². The average molecular weight is 370 g/mol. The highest BCUT2D eigenvalue weighted by molar-refractivity contribution is 5.93. The molecule has 1 heterocycles. The maximum Gasteiger partial charge on any atom is 0.195 e. The minimum absolute atomic E-state index is 0.0126. The van der Waals surface area contributed by atoms with Crippen LogP contribution < -0.4 is 0 Å². The Bertz CT molecular complexity index is 797. The van der Waals surface area contributed by atoms with E-state index in [4.69, 9.17) is 9.73 Å². The fourth-order valence-electron chi connectivity index (χ4n) is 8.08. The third-order valence-electron chi connectivity index (χ3n) is 9.32. The van der Waals surface area contributed by atoms with Crippen LogP contribution in [-0.4, -0.2) is 29.1 Å². The van der Waals surface area contributed by atoms with Gasteiger partial charge in [-0.1, -0.05) is 19.4 Å². The summed E-state index contributed by atoms with van der Waals surface area (Å²) in [6.07, 6.45) is 8.96. The van der Waals surface area contributed by atoms with Crippen LogP contribution in [-0.2, 0) is 14.3 Å². The van der Waals surface area contributed by atoms with Crippen LogP contribution in [0, 0.1) is 28.6 Å². The van der Waals surface area contributed by atoms with Crippen molar-refractivity contribution in [2.24, 2.45) is 33.6 Å². The van der Waals surface area contributed by atoms with Gasteiger partial charge in [0.1, 0.15) is 6.04 Å². The second kappa shape index (κ2) is 5.33. The minimum Gasteiger partial charge on any atom is -0.464 e. The van der Waals surface area contributed by atoms with Gasteiger partial charge in [-0.25, -0.2) is 4.99 Å². The van der Waals surface area contributed by atoms with Crippen LogP contribution >= 0.6 is 0 Å². The molecule has 0 aromatic carbocycles.